The third kappa shape index (κ3) is 5.11. The van der Waals surface area contributed by atoms with Crippen molar-refractivity contribution < 1.29 is 19.1 Å². The molecule has 0 spiro atoms. The van der Waals surface area contributed by atoms with E-state index in [9.17, 15) is 9.59 Å². The molecular formula is C25H32N4O4. The van der Waals surface area contributed by atoms with Gasteiger partial charge in [-0.3, -0.25) is 4.79 Å². The molecule has 1 aromatic heterocycles. The van der Waals surface area contributed by atoms with Gasteiger partial charge in [0.1, 0.15) is 5.82 Å². The van der Waals surface area contributed by atoms with Crippen molar-refractivity contribution in [3.05, 3.63) is 42.1 Å². The molecule has 8 heteroatoms. The fourth-order valence-corrected chi connectivity index (χ4v) is 4.59. The summed E-state index contributed by atoms with van der Waals surface area (Å²) in [4.78, 5) is 33.4. The number of pyridine rings is 1. The molecule has 0 radical (unpaired) electrons. The van der Waals surface area contributed by atoms with Gasteiger partial charge in [0.15, 0.2) is 0 Å². The van der Waals surface area contributed by atoms with Crippen LogP contribution in [0.4, 0.5) is 16.3 Å². The monoisotopic (exact) mass is 452 g/mol. The number of alkyl carbamates (subject to hydrolysis) is 1. The Labute approximate surface area is 194 Å². The number of amides is 2. The fraction of sp³-hybridized carbons (Fsp3) is 0.480. The molecule has 0 bridgehead atoms. The number of fused-ring (bicyclic) bond motifs is 1. The highest BCUT2D eigenvalue weighted by atomic mass is 16.6. The van der Waals surface area contributed by atoms with Crippen molar-refractivity contribution in [3.8, 4) is 11.1 Å². The van der Waals surface area contributed by atoms with E-state index in [1.165, 1.54) is 0 Å². The van der Waals surface area contributed by atoms with Crippen molar-refractivity contribution >= 4 is 23.5 Å². The average molecular weight is 453 g/mol. The van der Waals surface area contributed by atoms with Gasteiger partial charge in [-0.1, -0.05) is 6.07 Å². The summed E-state index contributed by atoms with van der Waals surface area (Å²) in [5.74, 6) is 0.920. The molecule has 2 aliphatic heterocycles. The van der Waals surface area contributed by atoms with Gasteiger partial charge in [0.05, 0.1) is 25.4 Å². The summed E-state index contributed by atoms with van der Waals surface area (Å²) in [6, 6.07) is 9.80. The minimum atomic E-state index is -0.452. The van der Waals surface area contributed by atoms with Crippen molar-refractivity contribution in [2.24, 2.45) is 0 Å². The molecule has 0 unspecified atom stereocenters. The van der Waals surface area contributed by atoms with Gasteiger partial charge in [-0.2, -0.15) is 0 Å². The molecule has 1 N–H and O–H groups in total. The highest BCUT2D eigenvalue weighted by Gasteiger charge is 2.33. The second-order valence-corrected chi connectivity index (χ2v) is 8.90. The predicted octanol–water partition coefficient (Wildman–Crippen LogP) is 3.91. The van der Waals surface area contributed by atoms with Crippen LogP contribution in [0.2, 0.25) is 0 Å². The molecule has 0 saturated carbocycles. The van der Waals surface area contributed by atoms with Crippen LogP contribution in [-0.4, -0.2) is 55.4 Å². The first-order valence-corrected chi connectivity index (χ1v) is 11.5. The van der Waals surface area contributed by atoms with Gasteiger partial charge in [0, 0.05) is 43.5 Å². The van der Waals surface area contributed by atoms with E-state index in [0.717, 1.165) is 41.3 Å². The van der Waals surface area contributed by atoms with Gasteiger partial charge in [0.25, 0.3) is 0 Å². The average Bonchev–Trinajstić information content (AvgIpc) is 2.79. The van der Waals surface area contributed by atoms with Gasteiger partial charge in [0.2, 0.25) is 5.91 Å². The lowest BCUT2D eigenvalue weighted by atomic mass is 9.89. The topological polar surface area (TPSA) is 84.0 Å². The number of aromatic nitrogens is 1. The summed E-state index contributed by atoms with van der Waals surface area (Å²) in [7, 11) is 0. The summed E-state index contributed by atoms with van der Waals surface area (Å²) >= 11 is 0. The van der Waals surface area contributed by atoms with E-state index in [4.69, 9.17) is 9.47 Å². The minimum Gasteiger partial charge on any atom is -0.447 e. The molecule has 1 fully saturated rings. The highest BCUT2D eigenvalue weighted by Crippen LogP contribution is 2.39. The van der Waals surface area contributed by atoms with Crippen molar-refractivity contribution in [2.75, 3.05) is 36.1 Å². The molecule has 3 heterocycles. The Morgan fingerprint density at radius 3 is 2.52 bits per heavy atom. The molecule has 2 aromatic rings. The lowest BCUT2D eigenvalue weighted by molar-refractivity contribution is -0.117. The number of ether oxygens (including phenoxy) is 2. The van der Waals surface area contributed by atoms with Crippen LogP contribution >= 0.6 is 0 Å². The summed E-state index contributed by atoms with van der Waals surface area (Å²) in [5, 5.41) is 2.99. The van der Waals surface area contributed by atoms with E-state index in [2.05, 4.69) is 21.3 Å². The number of carbonyl (C=O) groups excluding carboxylic acids is 2. The van der Waals surface area contributed by atoms with Crippen molar-refractivity contribution in [1.82, 2.24) is 10.3 Å². The quantitative estimate of drug-likeness (QED) is 0.757. The SMILES string of the molecule is CC(=O)N1c2ccc(-c3ccc(N4CCOCC4)nc3)cc2[C@H](NC(=O)OC(C)C)C[C@@H]1C. The molecule has 1 aromatic carbocycles. The maximum absolute atomic E-state index is 12.4. The molecule has 2 atom stereocenters. The molecule has 2 amide bonds. The zero-order valence-corrected chi connectivity index (χ0v) is 19.7. The zero-order chi connectivity index (χ0) is 23.5. The lowest BCUT2D eigenvalue weighted by Gasteiger charge is -2.39. The van der Waals surface area contributed by atoms with Crippen LogP contribution in [0.1, 0.15) is 45.7 Å². The normalized spacial score (nSPS) is 20.4. The Morgan fingerprint density at radius 2 is 1.88 bits per heavy atom. The van der Waals surface area contributed by atoms with Gasteiger partial charge >= 0.3 is 6.09 Å². The zero-order valence-electron chi connectivity index (χ0n) is 19.7. The molecule has 2 aliphatic rings. The van der Waals surface area contributed by atoms with E-state index in [1.54, 1.807) is 11.8 Å². The van der Waals surface area contributed by atoms with Gasteiger partial charge in [-0.15, -0.1) is 0 Å². The second kappa shape index (κ2) is 9.79. The largest absolute Gasteiger partial charge is 0.447 e. The molecular weight excluding hydrogens is 420 g/mol. The first kappa shape index (κ1) is 23.0. The van der Waals surface area contributed by atoms with Crippen LogP contribution in [0.5, 0.6) is 0 Å². The Kier molecular flexibility index (Phi) is 6.83. The second-order valence-electron chi connectivity index (χ2n) is 8.90. The van der Waals surface area contributed by atoms with E-state index < -0.39 is 6.09 Å². The third-order valence-corrected chi connectivity index (χ3v) is 6.07. The van der Waals surface area contributed by atoms with Crippen molar-refractivity contribution in [3.63, 3.8) is 0 Å². The van der Waals surface area contributed by atoms with Gasteiger partial charge in [-0.25, -0.2) is 9.78 Å². The Bertz CT molecular complexity index is 1000. The van der Waals surface area contributed by atoms with E-state index in [-0.39, 0.29) is 24.1 Å². The first-order chi connectivity index (χ1) is 15.8. The number of hydrogen-bond donors (Lipinski definition) is 1. The van der Waals surface area contributed by atoms with E-state index >= 15 is 0 Å². The number of anilines is 2. The number of hydrogen-bond acceptors (Lipinski definition) is 6. The highest BCUT2D eigenvalue weighted by molar-refractivity contribution is 5.94. The predicted molar refractivity (Wildman–Crippen MR) is 127 cm³/mol. The Hall–Kier alpha value is -3.13. The summed E-state index contributed by atoms with van der Waals surface area (Å²) in [5.41, 5.74) is 3.68. The number of morpholine rings is 1. The van der Waals surface area contributed by atoms with E-state index in [0.29, 0.717) is 19.6 Å². The molecule has 1 saturated heterocycles. The molecule has 8 nitrogen and oxygen atoms in total. The standard InChI is InChI=1S/C25H32N4O4/c1-16(2)33-25(31)27-22-13-17(3)29(18(4)30)23-7-5-19(14-21(22)23)20-6-8-24(26-15-20)28-9-11-32-12-10-28/h5-8,14-17,22H,9-13H2,1-4H3,(H,27,31)/t17-,22+/m0/s1. The smallest absolute Gasteiger partial charge is 0.407 e. The summed E-state index contributed by atoms with van der Waals surface area (Å²) < 4.78 is 10.7. The Balaban J connectivity index is 1.64. The fourth-order valence-electron chi connectivity index (χ4n) is 4.59. The summed E-state index contributed by atoms with van der Waals surface area (Å²) in [6.45, 7) is 10.3. The maximum Gasteiger partial charge on any atom is 0.407 e. The number of benzene rings is 1. The molecule has 33 heavy (non-hydrogen) atoms. The van der Waals surface area contributed by atoms with Gasteiger partial charge in [-0.05, 0) is 62.6 Å². The number of rotatable bonds is 4. The van der Waals surface area contributed by atoms with E-state index in [1.807, 2.05) is 51.2 Å². The van der Waals surface area contributed by atoms with Crippen molar-refractivity contribution in [1.29, 1.82) is 0 Å². The lowest BCUT2D eigenvalue weighted by Crippen LogP contribution is -2.45. The van der Waals surface area contributed by atoms with Crippen LogP contribution in [0.15, 0.2) is 36.5 Å². The molecule has 176 valence electrons. The minimum absolute atomic E-state index is 0.0174. The third-order valence-electron chi connectivity index (χ3n) is 6.07. The molecule has 0 aliphatic carbocycles. The van der Waals surface area contributed by atoms with Gasteiger partial charge < -0.3 is 24.6 Å². The summed E-state index contributed by atoms with van der Waals surface area (Å²) in [6.07, 6.45) is 1.82. The number of nitrogens with zero attached hydrogens (tertiary/aromatic N) is 3. The maximum atomic E-state index is 12.4. The number of nitrogens with one attached hydrogen (secondary N) is 1. The van der Waals surface area contributed by atoms with Crippen LogP contribution < -0.4 is 15.1 Å². The first-order valence-electron chi connectivity index (χ1n) is 11.5. The van der Waals surface area contributed by atoms with Crippen LogP contribution in [0.3, 0.4) is 0 Å². The Morgan fingerprint density at radius 1 is 1.15 bits per heavy atom. The van der Waals surface area contributed by atoms with Crippen LogP contribution in [0, 0.1) is 0 Å². The van der Waals surface area contributed by atoms with Crippen LogP contribution in [-0.2, 0) is 14.3 Å². The van der Waals surface area contributed by atoms with Crippen LogP contribution in [0.25, 0.3) is 11.1 Å². The molecule has 4 rings (SSSR count). The number of carbonyl (C=O) groups is 2. The van der Waals surface area contributed by atoms with Crippen molar-refractivity contribution in [2.45, 2.75) is 52.3 Å².